The van der Waals surface area contributed by atoms with E-state index in [1.807, 2.05) is 24.3 Å². The van der Waals surface area contributed by atoms with Gasteiger partial charge in [-0.2, -0.15) is 0 Å². The van der Waals surface area contributed by atoms with E-state index in [9.17, 15) is 14.9 Å². The van der Waals surface area contributed by atoms with Gasteiger partial charge in [0.15, 0.2) is 6.61 Å². The van der Waals surface area contributed by atoms with E-state index in [1.54, 1.807) is 11.0 Å². The molecule has 0 aromatic heterocycles. The highest BCUT2D eigenvalue weighted by molar-refractivity contribution is 6.31. The number of amides is 1. The lowest BCUT2D eigenvalue weighted by Crippen LogP contribution is -2.32. The molecule has 7 nitrogen and oxygen atoms in total. The van der Waals surface area contributed by atoms with Gasteiger partial charge in [0.2, 0.25) is 0 Å². The summed E-state index contributed by atoms with van der Waals surface area (Å²) >= 11 is 6.15. The molecule has 1 N–H and O–H groups in total. The second-order valence-electron chi connectivity index (χ2n) is 6.58. The molecule has 1 aliphatic heterocycles. The minimum atomic E-state index is -0.447. The highest BCUT2D eigenvalue weighted by atomic mass is 35.5. The molecule has 0 aliphatic carbocycles. The van der Waals surface area contributed by atoms with Crippen molar-refractivity contribution in [1.82, 2.24) is 4.90 Å². The summed E-state index contributed by atoms with van der Waals surface area (Å²) < 4.78 is 5.56. The molecular formula is C20H22ClN3O4. The van der Waals surface area contributed by atoms with Crippen LogP contribution in [0, 0.1) is 10.1 Å². The summed E-state index contributed by atoms with van der Waals surface area (Å²) in [4.78, 5) is 24.7. The van der Waals surface area contributed by atoms with Gasteiger partial charge in [-0.1, -0.05) is 29.8 Å². The van der Waals surface area contributed by atoms with Gasteiger partial charge in [0.1, 0.15) is 11.4 Å². The molecule has 0 radical (unpaired) electrons. The number of benzene rings is 2. The lowest BCUT2D eigenvalue weighted by atomic mass is 10.1. The molecular weight excluding hydrogens is 382 g/mol. The SMILES string of the molecule is O=C(COc1ccc([N+](=O)[O-])c(NCCc2ccccc2Cl)c1)N1CCCC1. The van der Waals surface area contributed by atoms with Gasteiger partial charge in [-0.25, -0.2) is 0 Å². The van der Waals surface area contributed by atoms with Crippen LogP contribution in [0.3, 0.4) is 0 Å². The van der Waals surface area contributed by atoms with Gasteiger partial charge in [0.05, 0.1) is 4.92 Å². The Morgan fingerprint density at radius 2 is 1.96 bits per heavy atom. The van der Waals surface area contributed by atoms with Crippen molar-refractivity contribution in [2.45, 2.75) is 19.3 Å². The molecule has 2 aromatic carbocycles. The van der Waals surface area contributed by atoms with Crippen LogP contribution in [0.25, 0.3) is 0 Å². The number of anilines is 1. The van der Waals surface area contributed by atoms with Crippen molar-refractivity contribution in [2.75, 3.05) is 31.6 Å². The summed E-state index contributed by atoms with van der Waals surface area (Å²) in [6, 6.07) is 11.9. The summed E-state index contributed by atoms with van der Waals surface area (Å²) in [6.07, 6.45) is 2.65. The number of carbonyl (C=O) groups excluding carboxylic acids is 1. The van der Waals surface area contributed by atoms with Crippen LogP contribution >= 0.6 is 11.6 Å². The molecule has 28 heavy (non-hydrogen) atoms. The number of nitro benzene ring substituents is 1. The number of hydrogen-bond acceptors (Lipinski definition) is 5. The largest absolute Gasteiger partial charge is 0.484 e. The zero-order valence-electron chi connectivity index (χ0n) is 15.4. The van der Waals surface area contributed by atoms with Crippen molar-refractivity contribution in [3.63, 3.8) is 0 Å². The second kappa shape index (κ2) is 9.41. The van der Waals surface area contributed by atoms with E-state index < -0.39 is 4.92 Å². The molecule has 1 saturated heterocycles. The highest BCUT2D eigenvalue weighted by Crippen LogP contribution is 2.29. The summed E-state index contributed by atoms with van der Waals surface area (Å²) in [5.41, 5.74) is 1.27. The number of rotatable bonds is 8. The molecule has 8 heteroatoms. The molecule has 1 heterocycles. The third-order valence-corrected chi connectivity index (χ3v) is 5.02. The van der Waals surface area contributed by atoms with Crippen molar-refractivity contribution in [3.05, 3.63) is 63.2 Å². The average Bonchev–Trinajstić information content (AvgIpc) is 3.22. The number of halogens is 1. The zero-order valence-corrected chi connectivity index (χ0v) is 16.2. The van der Waals surface area contributed by atoms with Crippen LogP contribution in [0.4, 0.5) is 11.4 Å². The van der Waals surface area contributed by atoms with E-state index in [4.69, 9.17) is 16.3 Å². The first-order chi connectivity index (χ1) is 13.5. The zero-order chi connectivity index (χ0) is 19.9. The van der Waals surface area contributed by atoms with Gasteiger partial charge in [-0.05, 0) is 37.0 Å². The third-order valence-electron chi connectivity index (χ3n) is 4.65. The average molecular weight is 404 g/mol. The molecule has 1 aliphatic rings. The van der Waals surface area contributed by atoms with Crippen molar-refractivity contribution < 1.29 is 14.5 Å². The number of nitro groups is 1. The molecule has 0 unspecified atom stereocenters. The Morgan fingerprint density at radius 3 is 2.68 bits per heavy atom. The smallest absolute Gasteiger partial charge is 0.292 e. The number of likely N-dealkylation sites (tertiary alicyclic amines) is 1. The van der Waals surface area contributed by atoms with E-state index in [1.165, 1.54) is 12.1 Å². The molecule has 3 rings (SSSR count). The monoisotopic (exact) mass is 403 g/mol. The number of nitrogens with one attached hydrogen (secondary N) is 1. The van der Waals surface area contributed by atoms with Crippen molar-refractivity contribution in [2.24, 2.45) is 0 Å². The lowest BCUT2D eigenvalue weighted by molar-refractivity contribution is -0.384. The summed E-state index contributed by atoms with van der Waals surface area (Å²) in [5, 5.41) is 15.0. The number of hydrogen-bond donors (Lipinski definition) is 1. The Balaban J connectivity index is 1.63. The molecule has 2 aromatic rings. The number of ether oxygens (including phenoxy) is 1. The molecule has 0 atom stereocenters. The molecule has 0 saturated carbocycles. The van der Waals surface area contributed by atoms with Crippen LogP contribution < -0.4 is 10.1 Å². The fourth-order valence-corrected chi connectivity index (χ4v) is 3.37. The first kappa shape index (κ1) is 19.9. The first-order valence-corrected chi connectivity index (χ1v) is 9.58. The van der Waals surface area contributed by atoms with Crippen LogP contribution in [0.5, 0.6) is 5.75 Å². The minimum absolute atomic E-state index is 0.0441. The number of carbonyl (C=O) groups is 1. The van der Waals surface area contributed by atoms with Crippen molar-refractivity contribution >= 4 is 28.9 Å². The maximum absolute atomic E-state index is 12.1. The Hall–Kier alpha value is -2.80. The minimum Gasteiger partial charge on any atom is -0.484 e. The van der Waals surface area contributed by atoms with Crippen LogP contribution in [0.1, 0.15) is 18.4 Å². The van der Waals surface area contributed by atoms with E-state index in [2.05, 4.69) is 5.32 Å². The quantitative estimate of drug-likeness (QED) is 0.533. The van der Waals surface area contributed by atoms with E-state index in [-0.39, 0.29) is 18.2 Å². The Labute approximate surface area is 168 Å². The standard InChI is InChI=1S/C20H22ClN3O4/c21-17-6-2-1-5-15(17)9-10-22-18-13-16(7-8-19(18)24(26)27)28-14-20(25)23-11-3-4-12-23/h1-2,5-8,13,22H,3-4,9-12,14H2. The second-order valence-corrected chi connectivity index (χ2v) is 6.99. The lowest BCUT2D eigenvalue weighted by Gasteiger charge is -2.16. The van der Waals surface area contributed by atoms with Gasteiger partial charge in [-0.15, -0.1) is 0 Å². The topological polar surface area (TPSA) is 84.7 Å². The maximum Gasteiger partial charge on any atom is 0.292 e. The van der Waals surface area contributed by atoms with Crippen LogP contribution in [0.15, 0.2) is 42.5 Å². The predicted octanol–water partition coefficient (Wildman–Crippen LogP) is 3.90. The van der Waals surface area contributed by atoms with Crippen LogP contribution in [-0.2, 0) is 11.2 Å². The van der Waals surface area contributed by atoms with Gasteiger partial charge < -0.3 is 15.0 Å². The molecule has 148 valence electrons. The van der Waals surface area contributed by atoms with Crippen molar-refractivity contribution in [3.8, 4) is 5.75 Å². The molecule has 1 fully saturated rings. The van der Waals surface area contributed by atoms with Gasteiger partial charge in [-0.3, -0.25) is 14.9 Å². The van der Waals surface area contributed by atoms with E-state index in [0.29, 0.717) is 29.4 Å². The summed E-state index contributed by atoms with van der Waals surface area (Å²) in [5.74, 6) is 0.350. The Kier molecular flexibility index (Phi) is 6.71. The highest BCUT2D eigenvalue weighted by Gasteiger charge is 2.19. The van der Waals surface area contributed by atoms with Crippen LogP contribution in [-0.4, -0.2) is 42.0 Å². The van der Waals surface area contributed by atoms with Gasteiger partial charge in [0, 0.05) is 36.8 Å². The van der Waals surface area contributed by atoms with Gasteiger partial charge in [0.25, 0.3) is 11.6 Å². The molecule has 0 spiro atoms. The molecule has 0 bridgehead atoms. The number of nitrogens with zero attached hydrogens (tertiary/aromatic N) is 2. The maximum atomic E-state index is 12.1. The van der Waals surface area contributed by atoms with E-state index in [0.717, 1.165) is 31.5 Å². The fraction of sp³-hybridized carbons (Fsp3) is 0.350. The van der Waals surface area contributed by atoms with Crippen molar-refractivity contribution in [1.29, 1.82) is 0 Å². The summed E-state index contributed by atoms with van der Waals surface area (Å²) in [6.45, 7) is 1.92. The van der Waals surface area contributed by atoms with Crippen LogP contribution in [0.2, 0.25) is 5.02 Å². The first-order valence-electron chi connectivity index (χ1n) is 9.21. The summed E-state index contributed by atoms with van der Waals surface area (Å²) in [7, 11) is 0. The Bertz CT molecular complexity index is 853. The predicted molar refractivity (Wildman–Crippen MR) is 108 cm³/mol. The third kappa shape index (κ3) is 5.13. The Morgan fingerprint density at radius 1 is 1.21 bits per heavy atom. The van der Waals surface area contributed by atoms with Gasteiger partial charge >= 0.3 is 0 Å². The normalized spacial score (nSPS) is 13.4. The van der Waals surface area contributed by atoms with E-state index >= 15 is 0 Å². The fourth-order valence-electron chi connectivity index (χ4n) is 3.14. The molecule has 1 amide bonds.